The van der Waals surface area contributed by atoms with Gasteiger partial charge in [0, 0.05) is 16.4 Å². The van der Waals surface area contributed by atoms with E-state index in [1.165, 1.54) is 4.90 Å². The number of carbonyl (C=O) groups is 3. The molecule has 0 unspecified atom stereocenters. The first-order chi connectivity index (χ1) is 16.9. The minimum atomic E-state index is -0.848. The zero-order valence-electron chi connectivity index (χ0n) is 18.9. The average Bonchev–Trinajstić information content (AvgIpc) is 3.34. The van der Waals surface area contributed by atoms with Crippen molar-refractivity contribution in [2.45, 2.75) is 19.0 Å². The van der Waals surface area contributed by atoms with Gasteiger partial charge >= 0.3 is 0 Å². The molecule has 174 valence electrons. The summed E-state index contributed by atoms with van der Waals surface area (Å²) < 4.78 is 0. The number of para-hydroxylation sites is 1. The lowest BCUT2D eigenvalue weighted by atomic mass is 9.88. The summed E-state index contributed by atoms with van der Waals surface area (Å²) in [5, 5.41) is 3.50. The van der Waals surface area contributed by atoms with Crippen molar-refractivity contribution in [3.8, 4) is 0 Å². The Balaban J connectivity index is 1.43. The van der Waals surface area contributed by atoms with Gasteiger partial charge in [-0.3, -0.25) is 14.4 Å². The molecule has 3 aromatic rings. The molecular formula is C28H22ClN3O3. The van der Waals surface area contributed by atoms with Crippen LogP contribution in [0.15, 0.2) is 78.9 Å². The minimum Gasteiger partial charge on any atom is -0.351 e. The summed E-state index contributed by atoms with van der Waals surface area (Å²) >= 11 is 6.00. The van der Waals surface area contributed by atoms with E-state index in [-0.39, 0.29) is 17.7 Å². The van der Waals surface area contributed by atoms with E-state index in [0.717, 1.165) is 16.8 Å². The van der Waals surface area contributed by atoms with Crippen LogP contribution in [0.4, 0.5) is 17.1 Å². The van der Waals surface area contributed by atoms with E-state index < -0.39 is 23.9 Å². The topological polar surface area (TPSA) is 69.7 Å². The first-order valence-electron chi connectivity index (χ1n) is 11.5. The molecule has 6 rings (SSSR count). The lowest BCUT2D eigenvalue weighted by Crippen LogP contribution is -2.50. The summed E-state index contributed by atoms with van der Waals surface area (Å²) in [6.45, 7) is 1.95. The number of anilines is 3. The number of rotatable bonds is 3. The molecule has 0 radical (unpaired) electrons. The fourth-order valence-electron chi connectivity index (χ4n) is 5.51. The van der Waals surface area contributed by atoms with E-state index in [1.54, 1.807) is 36.4 Å². The molecule has 1 N–H and O–H groups in total. The van der Waals surface area contributed by atoms with Gasteiger partial charge in [-0.25, -0.2) is 4.90 Å². The van der Waals surface area contributed by atoms with Crippen molar-refractivity contribution in [1.82, 2.24) is 0 Å². The van der Waals surface area contributed by atoms with Gasteiger partial charge in [0.1, 0.15) is 6.04 Å². The summed E-state index contributed by atoms with van der Waals surface area (Å²) in [7, 11) is 0. The Hall–Kier alpha value is -3.90. The second-order valence-electron chi connectivity index (χ2n) is 9.16. The van der Waals surface area contributed by atoms with Crippen molar-refractivity contribution in [2.75, 3.05) is 15.1 Å². The SMILES string of the molecule is Cc1ccc(N2C(=O)[C@@H]3[C@H](C2=O)[C@H](C(=O)Nc2ccc(Cl)cc2)N2c4ccccc4C=C[C@@H]32)cc1. The smallest absolute Gasteiger partial charge is 0.247 e. The number of imide groups is 1. The van der Waals surface area contributed by atoms with Gasteiger partial charge in [0.15, 0.2) is 0 Å². The highest BCUT2D eigenvalue weighted by atomic mass is 35.5. The molecule has 2 saturated heterocycles. The molecule has 4 atom stereocenters. The fourth-order valence-corrected chi connectivity index (χ4v) is 5.64. The number of benzene rings is 3. The van der Waals surface area contributed by atoms with Crippen LogP contribution >= 0.6 is 11.6 Å². The molecule has 3 amide bonds. The van der Waals surface area contributed by atoms with Crippen LogP contribution in [0.3, 0.4) is 0 Å². The third-order valence-corrected chi connectivity index (χ3v) is 7.34. The van der Waals surface area contributed by atoms with E-state index in [0.29, 0.717) is 16.4 Å². The number of halogens is 1. The number of nitrogens with one attached hydrogen (secondary N) is 1. The van der Waals surface area contributed by atoms with Crippen LogP contribution in [0.1, 0.15) is 11.1 Å². The van der Waals surface area contributed by atoms with E-state index in [1.807, 2.05) is 60.4 Å². The highest BCUT2D eigenvalue weighted by Crippen LogP contribution is 2.49. The minimum absolute atomic E-state index is 0.273. The van der Waals surface area contributed by atoms with Crippen molar-refractivity contribution in [3.05, 3.63) is 95.0 Å². The van der Waals surface area contributed by atoms with Gasteiger partial charge in [-0.2, -0.15) is 0 Å². The third-order valence-electron chi connectivity index (χ3n) is 7.09. The molecule has 0 aliphatic carbocycles. The molecule has 2 fully saturated rings. The lowest BCUT2D eigenvalue weighted by molar-refractivity contribution is -0.126. The van der Waals surface area contributed by atoms with Crippen molar-refractivity contribution in [2.24, 2.45) is 11.8 Å². The third kappa shape index (κ3) is 3.36. The molecule has 6 nitrogen and oxygen atoms in total. The first-order valence-corrected chi connectivity index (χ1v) is 11.9. The van der Waals surface area contributed by atoms with E-state index in [9.17, 15) is 14.4 Å². The van der Waals surface area contributed by atoms with Crippen LogP contribution in [-0.4, -0.2) is 29.8 Å². The molecule has 3 aliphatic rings. The van der Waals surface area contributed by atoms with Crippen LogP contribution in [0, 0.1) is 18.8 Å². The van der Waals surface area contributed by atoms with E-state index in [4.69, 9.17) is 11.6 Å². The van der Waals surface area contributed by atoms with Crippen molar-refractivity contribution < 1.29 is 14.4 Å². The summed E-state index contributed by atoms with van der Waals surface area (Å²) in [5.41, 5.74) is 3.93. The fraction of sp³-hybridized carbons (Fsp3) is 0.179. The van der Waals surface area contributed by atoms with Crippen LogP contribution in [0.5, 0.6) is 0 Å². The van der Waals surface area contributed by atoms with E-state index >= 15 is 0 Å². The molecule has 0 spiro atoms. The van der Waals surface area contributed by atoms with Crippen LogP contribution in [0.25, 0.3) is 6.08 Å². The number of amides is 3. The Morgan fingerprint density at radius 1 is 0.886 bits per heavy atom. The van der Waals surface area contributed by atoms with Crippen molar-refractivity contribution in [1.29, 1.82) is 0 Å². The van der Waals surface area contributed by atoms with Gasteiger partial charge in [-0.05, 0) is 55.0 Å². The van der Waals surface area contributed by atoms with Crippen molar-refractivity contribution in [3.63, 3.8) is 0 Å². The molecule has 35 heavy (non-hydrogen) atoms. The molecule has 0 aromatic heterocycles. The van der Waals surface area contributed by atoms with Gasteiger partial charge in [-0.1, -0.05) is 59.6 Å². The number of fused-ring (bicyclic) bond motifs is 5. The van der Waals surface area contributed by atoms with Crippen LogP contribution in [0.2, 0.25) is 5.02 Å². The van der Waals surface area contributed by atoms with Gasteiger partial charge in [0.25, 0.3) is 0 Å². The molecule has 3 aliphatic heterocycles. The Bertz CT molecular complexity index is 1380. The summed E-state index contributed by atoms with van der Waals surface area (Å²) in [5.74, 6) is -2.42. The van der Waals surface area contributed by atoms with Gasteiger partial charge < -0.3 is 10.2 Å². The molecular weight excluding hydrogens is 462 g/mol. The number of hydrogen-bond acceptors (Lipinski definition) is 4. The number of nitrogens with zero attached hydrogens (tertiary/aromatic N) is 2. The second kappa shape index (κ2) is 8.10. The zero-order valence-corrected chi connectivity index (χ0v) is 19.6. The van der Waals surface area contributed by atoms with E-state index in [2.05, 4.69) is 5.32 Å². The van der Waals surface area contributed by atoms with Gasteiger partial charge in [0.05, 0.1) is 23.6 Å². The maximum atomic E-state index is 13.8. The second-order valence-corrected chi connectivity index (χ2v) is 9.59. The summed E-state index contributed by atoms with van der Waals surface area (Å²) in [6, 6.07) is 20.6. The quantitative estimate of drug-likeness (QED) is 0.549. The predicted octanol–water partition coefficient (Wildman–Crippen LogP) is 4.68. The number of carbonyl (C=O) groups excluding carboxylic acids is 3. The number of aryl methyl sites for hydroxylation is 1. The summed E-state index contributed by atoms with van der Waals surface area (Å²) in [4.78, 5) is 44.5. The van der Waals surface area contributed by atoms with Crippen LogP contribution in [-0.2, 0) is 14.4 Å². The maximum Gasteiger partial charge on any atom is 0.247 e. The Morgan fingerprint density at radius 2 is 1.57 bits per heavy atom. The molecule has 0 bridgehead atoms. The highest BCUT2D eigenvalue weighted by molar-refractivity contribution is 6.30. The normalized spacial score (nSPS) is 24.3. The predicted molar refractivity (Wildman–Crippen MR) is 136 cm³/mol. The molecule has 7 heteroatoms. The zero-order chi connectivity index (χ0) is 24.3. The Kier molecular flexibility index (Phi) is 5.00. The maximum absolute atomic E-state index is 13.8. The van der Waals surface area contributed by atoms with Gasteiger partial charge in [-0.15, -0.1) is 0 Å². The Labute approximate surface area is 207 Å². The summed E-state index contributed by atoms with van der Waals surface area (Å²) in [6.07, 6.45) is 3.92. The largest absolute Gasteiger partial charge is 0.351 e. The first kappa shape index (κ1) is 21.6. The molecule has 0 saturated carbocycles. The van der Waals surface area contributed by atoms with Crippen LogP contribution < -0.4 is 15.1 Å². The molecule has 3 heterocycles. The lowest BCUT2D eigenvalue weighted by Gasteiger charge is -2.36. The highest BCUT2D eigenvalue weighted by Gasteiger charge is 2.64. The average molecular weight is 484 g/mol. The molecule has 3 aromatic carbocycles. The monoisotopic (exact) mass is 483 g/mol. The Morgan fingerprint density at radius 3 is 2.31 bits per heavy atom. The standard InChI is InChI=1S/C28H22ClN3O3/c1-16-6-13-20(14-7-16)31-27(34)23-22-15-8-17-4-2-3-5-21(17)32(22)25(24(23)28(31)35)26(33)30-19-11-9-18(29)10-12-19/h2-15,22-25H,1H3,(H,30,33)/t22-,23-,24-,25+/m0/s1. The van der Waals surface area contributed by atoms with Gasteiger partial charge in [0.2, 0.25) is 17.7 Å². The van der Waals surface area contributed by atoms with Crippen molar-refractivity contribution >= 4 is 52.5 Å². The number of hydrogen-bond donors (Lipinski definition) is 1.